The van der Waals surface area contributed by atoms with Crippen LogP contribution in [0.1, 0.15) is 23.5 Å². The molecule has 5 rings (SSSR count). The molecule has 0 saturated heterocycles. The molecule has 2 heterocycles. The molecule has 1 atom stereocenters. The molecule has 1 amide bonds. The zero-order chi connectivity index (χ0) is 18.9. The van der Waals surface area contributed by atoms with Crippen LogP contribution in [0.3, 0.4) is 0 Å². The van der Waals surface area contributed by atoms with Crippen molar-refractivity contribution >= 4 is 28.2 Å². The van der Waals surface area contributed by atoms with Gasteiger partial charge in [-0.2, -0.15) is 10.1 Å². The van der Waals surface area contributed by atoms with Crippen molar-refractivity contribution in [3.8, 4) is 0 Å². The van der Waals surface area contributed by atoms with E-state index in [0.29, 0.717) is 6.42 Å². The number of rotatable bonds is 3. The number of anilines is 1. The summed E-state index contributed by atoms with van der Waals surface area (Å²) < 4.78 is 0. The van der Waals surface area contributed by atoms with Crippen LogP contribution in [0.15, 0.2) is 96.2 Å². The molecule has 4 heteroatoms. The number of carbonyl (C=O) groups excluding carboxylic acids is 1. The van der Waals surface area contributed by atoms with Crippen LogP contribution in [-0.4, -0.2) is 16.6 Å². The lowest BCUT2D eigenvalue weighted by Gasteiger charge is -2.29. The van der Waals surface area contributed by atoms with Crippen LogP contribution in [0, 0.1) is 0 Å². The summed E-state index contributed by atoms with van der Waals surface area (Å²) in [6.07, 6.45) is 2.54. The Morgan fingerprint density at radius 1 is 0.857 bits per heavy atom. The molecule has 4 nitrogen and oxygen atoms in total. The van der Waals surface area contributed by atoms with E-state index in [1.54, 1.807) is 5.01 Å². The second kappa shape index (κ2) is 6.82. The van der Waals surface area contributed by atoms with Crippen LogP contribution in [0.25, 0.3) is 10.9 Å². The number of fused-ring (bicyclic) bond motifs is 1. The first-order chi connectivity index (χ1) is 13.8. The fourth-order valence-electron chi connectivity index (χ4n) is 3.82. The summed E-state index contributed by atoms with van der Waals surface area (Å²) in [5.74, 6) is -0.292. The highest BCUT2D eigenvalue weighted by Gasteiger charge is 2.34. The van der Waals surface area contributed by atoms with Crippen molar-refractivity contribution in [3.05, 3.63) is 102 Å². The zero-order valence-corrected chi connectivity index (χ0v) is 15.2. The van der Waals surface area contributed by atoms with E-state index >= 15 is 0 Å². The van der Waals surface area contributed by atoms with Gasteiger partial charge in [-0.1, -0.05) is 66.7 Å². The third-order valence-electron chi connectivity index (χ3n) is 5.23. The second-order valence-electron chi connectivity index (χ2n) is 6.94. The van der Waals surface area contributed by atoms with Gasteiger partial charge in [0.25, 0.3) is 5.91 Å². The minimum atomic E-state index is -0.288. The number of hydrazone groups is 1. The molecule has 4 aromatic rings. The van der Waals surface area contributed by atoms with Crippen molar-refractivity contribution in [3.63, 3.8) is 0 Å². The van der Waals surface area contributed by atoms with Crippen molar-refractivity contribution in [1.82, 2.24) is 4.98 Å². The van der Waals surface area contributed by atoms with E-state index in [4.69, 9.17) is 5.10 Å². The van der Waals surface area contributed by atoms with Gasteiger partial charge in [-0.3, -0.25) is 4.79 Å². The maximum absolute atomic E-state index is 13.4. The highest BCUT2D eigenvalue weighted by Crippen LogP contribution is 2.35. The Hall–Kier alpha value is -3.66. The van der Waals surface area contributed by atoms with Crippen LogP contribution in [0.5, 0.6) is 0 Å². The first-order valence-electron chi connectivity index (χ1n) is 9.39. The van der Waals surface area contributed by atoms with Gasteiger partial charge in [-0.15, -0.1) is 0 Å². The summed E-state index contributed by atoms with van der Waals surface area (Å²) in [6.45, 7) is 0. The highest BCUT2D eigenvalue weighted by molar-refractivity contribution is 6.12. The van der Waals surface area contributed by atoms with Gasteiger partial charge in [-0.25, -0.2) is 0 Å². The van der Waals surface area contributed by atoms with Gasteiger partial charge < -0.3 is 4.98 Å². The van der Waals surface area contributed by atoms with E-state index < -0.39 is 0 Å². The summed E-state index contributed by atoms with van der Waals surface area (Å²) in [4.78, 5) is 16.8. The lowest BCUT2D eigenvalue weighted by atomic mass is 9.88. The fourth-order valence-corrected chi connectivity index (χ4v) is 3.82. The van der Waals surface area contributed by atoms with E-state index in [1.165, 1.54) is 0 Å². The minimum absolute atomic E-state index is 0.00404. The summed E-state index contributed by atoms with van der Waals surface area (Å²) in [6, 6.07) is 27.8. The molecule has 0 radical (unpaired) electrons. The first-order valence-corrected chi connectivity index (χ1v) is 9.39. The second-order valence-corrected chi connectivity index (χ2v) is 6.94. The fraction of sp³-hybridized carbons (Fsp3) is 0.0833. The number of nitrogens with zero attached hydrogens (tertiary/aromatic N) is 2. The van der Waals surface area contributed by atoms with Gasteiger partial charge >= 0.3 is 0 Å². The number of benzene rings is 3. The highest BCUT2D eigenvalue weighted by atomic mass is 16.2. The van der Waals surface area contributed by atoms with Crippen LogP contribution >= 0.6 is 0 Å². The molecule has 28 heavy (non-hydrogen) atoms. The molecule has 3 aromatic carbocycles. The number of aromatic nitrogens is 1. The number of hydrogen-bond acceptors (Lipinski definition) is 2. The van der Waals surface area contributed by atoms with Gasteiger partial charge in [0, 0.05) is 23.5 Å². The third-order valence-corrected chi connectivity index (χ3v) is 5.23. The van der Waals surface area contributed by atoms with Gasteiger partial charge in [0.2, 0.25) is 0 Å². The smallest absolute Gasteiger partial charge is 0.255 e. The molecule has 0 fully saturated rings. The standard InChI is InChI=1S/C24H19N3O/c28-24-20(21-16-25-22-14-8-7-13-19(21)22)15-23(17-9-3-1-4-10-17)26-27(24)18-11-5-2-6-12-18/h1-14,16,20,25H,15H2/t20-/m0/s1. The normalized spacial score (nSPS) is 17.0. The third kappa shape index (κ3) is 2.79. The summed E-state index contributed by atoms with van der Waals surface area (Å²) in [7, 11) is 0. The molecule has 0 unspecified atom stereocenters. The average molecular weight is 365 g/mol. The quantitative estimate of drug-likeness (QED) is 0.540. The molecule has 0 saturated carbocycles. The molecule has 0 aliphatic carbocycles. The number of carbonyl (C=O) groups is 1. The summed E-state index contributed by atoms with van der Waals surface area (Å²) in [5, 5.41) is 7.37. The lowest BCUT2D eigenvalue weighted by Crippen LogP contribution is -2.37. The number of nitrogens with one attached hydrogen (secondary N) is 1. The summed E-state index contributed by atoms with van der Waals surface area (Å²) in [5.41, 5.74) is 4.80. The minimum Gasteiger partial charge on any atom is -0.361 e. The monoisotopic (exact) mass is 365 g/mol. The predicted octanol–water partition coefficient (Wildman–Crippen LogP) is 5.09. The number of H-pyrrole nitrogens is 1. The maximum atomic E-state index is 13.4. The number of hydrogen-bond donors (Lipinski definition) is 1. The Balaban J connectivity index is 1.64. The van der Waals surface area contributed by atoms with Crippen molar-refractivity contribution in [2.24, 2.45) is 5.10 Å². The molecular weight excluding hydrogens is 346 g/mol. The first kappa shape index (κ1) is 16.5. The molecule has 1 aromatic heterocycles. The Bertz CT molecular complexity index is 1160. The van der Waals surface area contributed by atoms with Crippen LogP contribution < -0.4 is 5.01 Å². The lowest BCUT2D eigenvalue weighted by molar-refractivity contribution is -0.120. The van der Waals surface area contributed by atoms with Crippen molar-refractivity contribution in [2.75, 3.05) is 5.01 Å². The predicted molar refractivity (Wildman–Crippen MR) is 113 cm³/mol. The topological polar surface area (TPSA) is 48.5 Å². The number of amides is 1. The van der Waals surface area contributed by atoms with E-state index in [-0.39, 0.29) is 11.8 Å². The van der Waals surface area contributed by atoms with E-state index in [9.17, 15) is 4.79 Å². The van der Waals surface area contributed by atoms with E-state index in [2.05, 4.69) is 11.1 Å². The van der Waals surface area contributed by atoms with Gasteiger partial charge in [0.05, 0.1) is 17.3 Å². The molecule has 0 bridgehead atoms. The van der Waals surface area contributed by atoms with Crippen LogP contribution in [-0.2, 0) is 4.79 Å². The van der Waals surface area contributed by atoms with Crippen LogP contribution in [0.2, 0.25) is 0 Å². The molecule has 1 aliphatic rings. The van der Waals surface area contributed by atoms with Crippen LogP contribution in [0.4, 0.5) is 5.69 Å². The van der Waals surface area contributed by atoms with Gasteiger partial charge in [0.15, 0.2) is 0 Å². The Morgan fingerprint density at radius 3 is 2.32 bits per heavy atom. The van der Waals surface area contributed by atoms with E-state index in [1.807, 2.05) is 85.1 Å². The Labute approximate surface area is 163 Å². The van der Waals surface area contributed by atoms with Crippen molar-refractivity contribution in [2.45, 2.75) is 12.3 Å². The van der Waals surface area contributed by atoms with Gasteiger partial charge in [-0.05, 0) is 29.3 Å². The SMILES string of the molecule is O=C1[C@H](c2c[nH]c3ccccc23)CC(c2ccccc2)=NN1c1ccccc1. The zero-order valence-electron chi connectivity index (χ0n) is 15.2. The average Bonchev–Trinajstić information content (AvgIpc) is 3.19. The molecule has 0 spiro atoms. The Morgan fingerprint density at radius 2 is 1.54 bits per heavy atom. The van der Waals surface area contributed by atoms with Crippen molar-refractivity contribution < 1.29 is 4.79 Å². The number of para-hydroxylation sites is 2. The maximum Gasteiger partial charge on any atom is 0.255 e. The largest absolute Gasteiger partial charge is 0.361 e. The summed E-state index contributed by atoms with van der Waals surface area (Å²) >= 11 is 0. The molecular formula is C24H19N3O. The van der Waals surface area contributed by atoms with Crippen molar-refractivity contribution in [1.29, 1.82) is 0 Å². The molecule has 136 valence electrons. The Kier molecular flexibility index (Phi) is 4.02. The van der Waals surface area contributed by atoms with E-state index in [0.717, 1.165) is 33.4 Å². The molecule has 1 aliphatic heterocycles. The number of aromatic amines is 1. The molecule has 1 N–H and O–H groups in total. The van der Waals surface area contributed by atoms with Gasteiger partial charge in [0.1, 0.15) is 0 Å².